The van der Waals surface area contributed by atoms with Crippen LogP contribution in [0.25, 0.3) is 0 Å². The Morgan fingerprint density at radius 2 is 2.27 bits per heavy atom. The second kappa shape index (κ2) is 5.91. The van der Waals surface area contributed by atoms with Gasteiger partial charge in [0, 0.05) is 13.2 Å². The van der Waals surface area contributed by atoms with Gasteiger partial charge in [-0.3, -0.25) is 4.68 Å². The van der Waals surface area contributed by atoms with Crippen LogP contribution >= 0.6 is 0 Å². The van der Waals surface area contributed by atoms with Crippen LogP contribution in [0.3, 0.4) is 0 Å². The van der Waals surface area contributed by atoms with Crippen molar-refractivity contribution in [3.63, 3.8) is 0 Å². The molecule has 0 aliphatic carbocycles. The lowest BCUT2D eigenvalue weighted by Gasteiger charge is -2.14. The Balaban J connectivity index is 2.25. The number of hydrogen-bond acceptors (Lipinski definition) is 2. The Morgan fingerprint density at radius 3 is 2.80 bits per heavy atom. The fraction of sp³-hybridized carbons (Fsp3) is 0.750. The lowest BCUT2D eigenvalue weighted by atomic mass is 9.97. The molecule has 86 valence electrons. The van der Waals surface area contributed by atoms with Gasteiger partial charge in [0.05, 0.1) is 12.3 Å². The maximum absolute atomic E-state index is 9.79. The molecule has 1 aromatic rings. The fourth-order valence-corrected chi connectivity index (χ4v) is 1.68. The van der Waals surface area contributed by atoms with Crippen molar-refractivity contribution in [2.45, 2.75) is 45.6 Å². The second-order valence-corrected chi connectivity index (χ2v) is 4.46. The lowest BCUT2D eigenvalue weighted by Crippen LogP contribution is -2.12. The van der Waals surface area contributed by atoms with Crippen LogP contribution in [0.1, 0.15) is 38.7 Å². The topological polar surface area (TPSA) is 38.1 Å². The monoisotopic (exact) mass is 210 g/mol. The first-order valence-corrected chi connectivity index (χ1v) is 5.77. The number of aromatic nitrogens is 2. The number of hydrogen-bond donors (Lipinski definition) is 1. The van der Waals surface area contributed by atoms with Gasteiger partial charge < -0.3 is 5.11 Å². The van der Waals surface area contributed by atoms with Crippen LogP contribution in [-0.4, -0.2) is 21.0 Å². The summed E-state index contributed by atoms with van der Waals surface area (Å²) in [5.74, 6) is 0.619. The van der Waals surface area contributed by atoms with E-state index < -0.39 is 0 Å². The smallest absolute Gasteiger partial charge is 0.0546 e. The molecule has 0 amide bonds. The van der Waals surface area contributed by atoms with Crippen molar-refractivity contribution >= 4 is 0 Å². The maximum Gasteiger partial charge on any atom is 0.0546 e. The highest BCUT2D eigenvalue weighted by molar-refractivity contribution is 5.03. The van der Waals surface area contributed by atoms with Crippen LogP contribution < -0.4 is 0 Å². The summed E-state index contributed by atoms with van der Waals surface area (Å²) in [5.41, 5.74) is 1.21. The molecular weight excluding hydrogens is 188 g/mol. The van der Waals surface area contributed by atoms with Crippen molar-refractivity contribution in [3.8, 4) is 0 Å². The minimum atomic E-state index is -0.167. The number of aliphatic hydroxyl groups excluding tert-OH is 1. The van der Waals surface area contributed by atoms with E-state index in [-0.39, 0.29) is 6.10 Å². The Hall–Kier alpha value is -0.830. The van der Waals surface area contributed by atoms with Crippen LogP contribution in [0.5, 0.6) is 0 Å². The first-order valence-electron chi connectivity index (χ1n) is 5.77. The molecule has 1 heterocycles. The highest BCUT2D eigenvalue weighted by atomic mass is 16.3. The second-order valence-electron chi connectivity index (χ2n) is 4.46. The molecule has 0 aliphatic heterocycles. The van der Waals surface area contributed by atoms with Gasteiger partial charge >= 0.3 is 0 Å². The molecule has 0 saturated heterocycles. The zero-order chi connectivity index (χ0) is 11.3. The number of nitrogens with zero attached hydrogens (tertiary/aromatic N) is 2. The summed E-state index contributed by atoms with van der Waals surface area (Å²) < 4.78 is 1.80. The molecule has 0 fully saturated rings. The molecule has 15 heavy (non-hydrogen) atoms. The predicted molar refractivity (Wildman–Crippen MR) is 61.6 cm³/mol. The van der Waals surface area contributed by atoms with E-state index in [1.165, 1.54) is 5.56 Å². The average Bonchev–Trinajstić information content (AvgIpc) is 2.61. The van der Waals surface area contributed by atoms with Gasteiger partial charge in [0.2, 0.25) is 0 Å². The molecule has 0 spiro atoms. The quantitative estimate of drug-likeness (QED) is 0.781. The third-order valence-electron chi connectivity index (χ3n) is 2.90. The highest BCUT2D eigenvalue weighted by Gasteiger charge is 2.09. The summed E-state index contributed by atoms with van der Waals surface area (Å²) >= 11 is 0. The predicted octanol–water partition coefficient (Wildman–Crippen LogP) is 2.15. The molecule has 0 aromatic carbocycles. The average molecular weight is 210 g/mol. The van der Waals surface area contributed by atoms with E-state index in [4.69, 9.17) is 0 Å². The van der Waals surface area contributed by atoms with E-state index in [1.54, 1.807) is 4.68 Å². The van der Waals surface area contributed by atoms with Gasteiger partial charge in [-0.05, 0) is 30.7 Å². The molecule has 1 N–H and O–H groups in total. The summed E-state index contributed by atoms with van der Waals surface area (Å²) in [6.07, 6.45) is 7.54. The number of aliphatic hydroxyl groups is 1. The largest absolute Gasteiger partial charge is 0.393 e. The van der Waals surface area contributed by atoms with Crippen molar-refractivity contribution in [3.05, 3.63) is 18.0 Å². The first-order chi connectivity index (χ1) is 7.11. The molecule has 2 unspecified atom stereocenters. The minimum Gasteiger partial charge on any atom is -0.393 e. The van der Waals surface area contributed by atoms with Crippen LogP contribution in [0.4, 0.5) is 0 Å². The van der Waals surface area contributed by atoms with Gasteiger partial charge in [0.1, 0.15) is 0 Å². The van der Waals surface area contributed by atoms with Crippen molar-refractivity contribution in [1.82, 2.24) is 9.78 Å². The van der Waals surface area contributed by atoms with Gasteiger partial charge in [-0.25, -0.2) is 0 Å². The zero-order valence-corrected chi connectivity index (χ0v) is 9.98. The van der Waals surface area contributed by atoms with E-state index in [1.807, 2.05) is 19.4 Å². The Labute approximate surface area is 92.1 Å². The molecule has 1 rings (SSSR count). The molecule has 0 aliphatic rings. The normalized spacial score (nSPS) is 15.2. The molecule has 3 heteroatoms. The summed E-state index contributed by atoms with van der Waals surface area (Å²) in [6, 6.07) is 0. The molecule has 3 nitrogen and oxygen atoms in total. The van der Waals surface area contributed by atoms with Crippen molar-refractivity contribution < 1.29 is 5.11 Å². The molecular formula is C12H22N2O. The summed E-state index contributed by atoms with van der Waals surface area (Å²) in [4.78, 5) is 0. The Morgan fingerprint density at radius 1 is 1.53 bits per heavy atom. The van der Waals surface area contributed by atoms with E-state index in [2.05, 4.69) is 18.9 Å². The minimum absolute atomic E-state index is 0.167. The Kier molecular flexibility index (Phi) is 4.82. The van der Waals surface area contributed by atoms with Gasteiger partial charge in [-0.15, -0.1) is 0 Å². The lowest BCUT2D eigenvalue weighted by molar-refractivity contribution is 0.135. The summed E-state index contributed by atoms with van der Waals surface area (Å²) in [6.45, 7) is 4.35. The van der Waals surface area contributed by atoms with Crippen LogP contribution in [0.2, 0.25) is 0 Å². The highest BCUT2D eigenvalue weighted by Crippen LogP contribution is 2.14. The maximum atomic E-state index is 9.79. The van der Waals surface area contributed by atoms with Crippen molar-refractivity contribution in [2.75, 3.05) is 0 Å². The van der Waals surface area contributed by atoms with Gasteiger partial charge in [0.25, 0.3) is 0 Å². The number of rotatable bonds is 6. The first kappa shape index (κ1) is 12.2. The van der Waals surface area contributed by atoms with Crippen LogP contribution in [0, 0.1) is 5.92 Å². The Bertz CT molecular complexity index is 283. The van der Waals surface area contributed by atoms with E-state index in [9.17, 15) is 5.11 Å². The van der Waals surface area contributed by atoms with Crippen LogP contribution in [-0.2, 0) is 13.5 Å². The zero-order valence-electron chi connectivity index (χ0n) is 9.98. The summed E-state index contributed by atoms with van der Waals surface area (Å²) in [5, 5.41) is 13.9. The molecule has 1 aromatic heterocycles. The standard InChI is InChI=1S/C12H22N2O/c1-4-10(2)7-12(15)6-5-11-8-13-14(3)9-11/h8-10,12,15H,4-7H2,1-3H3. The number of aryl methyl sites for hydroxylation is 2. The van der Waals surface area contributed by atoms with E-state index >= 15 is 0 Å². The van der Waals surface area contributed by atoms with Gasteiger partial charge in [0.15, 0.2) is 0 Å². The molecule has 0 bridgehead atoms. The van der Waals surface area contributed by atoms with Crippen LogP contribution in [0.15, 0.2) is 12.4 Å². The summed E-state index contributed by atoms with van der Waals surface area (Å²) in [7, 11) is 1.92. The molecule has 0 radical (unpaired) electrons. The van der Waals surface area contributed by atoms with Crippen molar-refractivity contribution in [2.24, 2.45) is 13.0 Å². The van der Waals surface area contributed by atoms with Gasteiger partial charge in [-0.2, -0.15) is 5.10 Å². The third-order valence-corrected chi connectivity index (χ3v) is 2.90. The SMILES string of the molecule is CCC(C)CC(O)CCc1cnn(C)c1. The molecule has 0 saturated carbocycles. The van der Waals surface area contributed by atoms with E-state index in [0.717, 1.165) is 25.7 Å². The van der Waals surface area contributed by atoms with E-state index in [0.29, 0.717) is 5.92 Å². The molecule has 2 atom stereocenters. The van der Waals surface area contributed by atoms with Gasteiger partial charge in [-0.1, -0.05) is 20.3 Å². The third kappa shape index (κ3) is 4.47. The fourth-order valence-electron chi connectivity index (χ4n) is 1.68. The van der Waals surface area contributed by atoms with Crippen molar-refractivity contribution in [1.29, 1.82) is 0 Å².